The molecule has 0 unspecified atom stereocenters. The molecule has 4 aromatic rings. The van der Waals surface area contributed by atoms with E-state index in [0.717, 1.165) is 34.0 Å². The number of hydrogen-bond acceptors (Lipinski definition) is 4. The predicted molar refractivity (Wildman–Crippen MR) is 164 cm³/mol. The number of rotatable bonds is 7. The largest absolute Gasteiger partial charge is 0.375 e. The van der Waals surface area contributed by atoms with E-state index in [1.165, 1.54) is 29.5 Å². The van der Waals surface area contributed by atoms with Gasteiger partial charge in [0.05, 0.1) is 23.5 Å². The number of anilines is 2. The van der Waals surface area contributed by atoms with Gasteiger partial charge in [0.2, 0.25) is 5.91 Å². The monoisotopic (exact) mass is 553 g/mol. The zero-order chi connectivity index (χ0) is 28.6. The first-order chi connectivity index (χ1) is 19.2. The summed E-state index contributed by atoms with van der Waals surface area (Å²) < 4.78 is 7.32. The topological polar surface area (TPSA) is 71.4 Å². The zero-order valence-electron chi connectivity index (χ0n) is 23.8. The van der Waals surface area contributed by atoms with Gasteiger partial charge in [0.1, 0.15) is 6.61 Å². The van der Waals surface area contributed by atoms with Gasteiger partial charge in [-0.1, -0.05) is 24.3 Å². The number of nitrogens with one attached hydrogen (secondary N) is 2. The third kappa shape index (κ3) is 5.00. The van der Waals surface area contributed by atoms with Gasteiger partial charge in [-0.15, -0.1) is 0 Å². The number of benzene rings is 2. The lowest BCUT2D eigenvalue weighted by atomic mass is 9.96. The average Bonchev–Trinajstić information content (AvgIpc) is 3.41. The SMILES string of the molecule is COCC(=O)Nc1ccc(N2C(=S)N[C@@H](c3ccccn3)[C@H]2c2cc(C)n(-c3c(C)cccc3C)c2C)cc1C. The Balaban J connectivity index is 1.63. The number of methoxy groups -OCH3 is 1. The van der Waals surface area contributed by atoms with Gasteiger partial charge in [0.25, 0.3) is 0 Å². The fourth-order valence-corrected chi connectivity index (χ4v) is 6.14. The lowest BCUT2D eigenvalue weighted by Gasteiger charge is -2.29. The van der Waals surface area contributed by atoms with Crippen LogP contribution in [0.15, 0.2) is 66.9 Å². The zero-order valence-corrected chi connectivity index (χ0v) is 24.6. The second-order valence-corrected chi connectivity index (χ2v) is 10.8. The molecule has 0 aliphatic carbocycles. The quantitative estimate of drug-likeness (QED) is 0.267. The highest BCUT2D eigenvalue weighted by Crippen LogP contribution is 2.44. The van der Waals surface area contributed by atoms with Crippen LogP contribution in [0.2, 0.25) is 0 Å². The normalized spacial score (nSPS) is 16.8. The van der Waals surface area contributed by atoms with Gasteiger partial charge in [-0.2, -0.15) is 0 Å². The van der Waals surface area contributed by atoms with Crippen molar-refractivity contribution in [2.75, 3.05) is 23.9 Å². The second-order valence-electron chi connectivity index (χ2n) is 10.4. The lowest BCUT2D eigenvalue weighted by molar-refractivity contribution is -0.119. The Labute approximate surface area is 241 Å². The van der Waals surface area contributed by atoms with E-state index < -0.39 is 0 Å². The van der Waals surface area contributed by atoms with Gasteiger partial charge < -0.3 is 24.8 Å². The number of amides is 1. The molecule has 0 spiro atoms. The molecule has 2 aromatic heterocycles. The molecule has 40 heavy (non-hydrogen) atoms. The number of nitrogens with zero attached hydrogens (tertiary/aromatic N) is 3. The van der Waals surface area contributed by atoms with E-state index in [4.69, 9.17) is 21.9 Å². The minimum Gasteiger partial charge on any atom is -0.375 e. The van der Waals surface area contributed by atoms with Gasteiger partial charge in [0, 0.05) is 36.1 Å². The Morgan fingerprint density at radius 3 is 2.40 bits per heavy atom. The second kappa shape index (κ2) is 11.2. The molecule has 1 aliphatic rings. The molecule has 1 fully saturated rings. The van der Waals surface area contributed by atoms with E-state index in [2.05, 4.69) is 78.1 Å². The van der Waals surface area contributed by atoms with Crippen LogP contribution in [0.1, 0.15) is 51.4 Å². The van der Waals surface area contributed by atoms with Crippen molar-refractivity contribution in [1.82, 2.24) is 14.9 Å². The fourth-order valence-electron chi connectivity index (χ4n) is 5.79. The number of ether oxygens (including phenoxy) is 1. The number of aromatic nitrogens is 2. The first-order valence-corrected chi connectivity index (χ1v) is 13.8. The van der Waals surface area contributed by atoms with Crippen LogP contribution in [-0.2, 0) is 9.53 Å². The third-order valence-corrected chi connectivity index (χ3v) is 7.90. The Kier molecular flexibility index (Phi) is 7.74. The molecule has 3 heterocycles. The van der Waals surface area contributed by atoms with Crippen LogP contribution < -0.4 is 15.5 Å². The van der Waals surface area contributed by atoms with E-state index in [-0.39, 0.29) is 24.6 Å². The van der Waals surface area contributed by atoms with Gasteiger partial charge in [-0.05, 0) is 105 Å². The molecule has 5 rings (SSSR count). The van der Waals surface area contributed by atoms with E-state index in [1.54, 1.807) is 0 Å². The molecule has 2 atom stereocenters. The molecule has 1 saturated heterocycles. The first-order valence-electron chi connectivity index (χ1n) is 13.4. The van der Waals surface area contributed by atoms with E-state index >= 15 is 0 Å². The third-order valence-electron chi connectivity index (χ3n) is 7.59. The van der Waals surface area contributed by atoms with E-state index in [9.17, 15) is 4.79 Å². The van der Waals surface area contributed by atoms with Crippen LogP contribution in [0.3, 0.4) is 0 Å². The van der Waals surface area contributed by atoms with Crippen molar-refractivity contribution in [3.05, 3.63) is 106 Å². The Hall–Kier alpha value is -4.01. The Morgan fingerprint density at radius 2 is 1.75 bits per heavy atom. The molecule has 0 bridgehead atoms. The maximum Gasteiger partial charge on any atom is 0.250 e. The summed E-state index contributed by atoms with van der Waals surface area (Å²) in [5, 5.41) is 7.12. The molecular weight excluding hydrogens is 518 g/mol. The number of carbonyl (C=O) groups is 1. The smallest absolute Gasteiger partial charge is 0.250 e. The van der Waals surface area contributed by atoms with Crippen molar-refractivity contribution in [2.45, 2.75) is 46.7 Å². The highest BCUT2D eigenvalue weighted by molar-refractivity contribution is 7.80. The van der Waals surface area contributed by atoms with Crippen molar-refractivity contribution in [1.29, 1.82) is 0 Å². The van der Waals surface area contributed by atoms with Crippen LogP contribution in [0.25, 0.3) is 5.69 Å². The van der Waals surface area contributed by atoms with Crippen LogP contribution in [-0.4, -0.2) is 34.3 Å². The van der Waals surface area contributed by atoms with Crippen LogP contribution in [0.5, 0.6) is 0 Å². The summed E-state index contributed by atoms with van der Waals surface area (Å²) >= 11 is 5.97. The minimum absolute atomic E-state index is 0.00509. The predicted octanol–water partition coefficient (Wildman–Crippen LogP) is 6.18. The van der Waals surface area contributed by atoms with Crippen molar-refractivity contribution in [2.24, 2.45) is 0 Å². The highest BCUT2D eigenvalue weighted by Gasteiger charge is 2.42. The van der Waals surface area contributed by atoms with Crippen LogP contribution >= 0.6 is 12.2 Å². The molecule has 0 radical (unpaired) electrons. The van der Waals surface area contributed by atoms with E-state index in [0.29, 0.717) is 5.11 Å². The molecule has 206 valence electrons. The van der Waals surface area contributed by atoms with Gasteiger partial charge in [-0.3, -0.25) is 9.78 Å². The maximum absolute atomic E-state index is 12.1. The number of pyridine rings is 1. The maximum atomic E-state index is 12.1. The molecule has 7 nitrogen and oxygen atoms in total. The highest BCUT2D eigenvalue weighted by atomic mass is 32.1. The summed E-state index contributed by atoms with van der Waals surface area (Å²) in [6.45, 7) is 10.6. The molecular formula is C32H35N5O2S. The Bertz CT molecular complexity index is 1560. The summed E-state index contributed by atoms with van der Waals surface area (Å²) in [6.07, 6.45) is 1.82. The molecule has 1 amide bonds. The summed E-state index contributed by atoms with van der Waals surface area (Å²) in [4.78, 5) is 19.0. The molecule has 0 saturated carbocycles. The number of aryl methyl sites for hydroxylation is 4. The number of para-hydroxylation sites is 1. The summed E-state index contributed by atoms with van der Waals surface area (Å²) in [6, 6.07) is 20.4. The van der Waals surface area contributed by atoms with Crippen LogP contribution in [0, 0.1) is 34.6 Å². The van der Waals surface area contributed by atoms with Crippen LogP contribution in [0.4, 0.5) is 11.4 Å². The molecule has 2 aromatic carbocycles. The molecule has 1 aliphatic heterocycles. The molecule has 2 N–H and O–H groups in total. The van der Waals surface area contributed by atoms with Gasteiger partial charge in [0.15, 0.2) is 5.11 Å². The van der Waals surface area contributed by atoms with E-state index in [1.807, 2.05) is 43.5 Å². The fraction of sp³-hybridized carbons (Fsp3) is 0.281. The number of carbonyl (C=O) groups excluding carboxylic acids is 1. The van der Waals surface area contributed by atoms with Crippen molar-refractivity contribution in [3.63, 3.8) is 0 Å². The summed E-state index contributed by atoms with van der Waals surface area (Å²) in [7, 11) is 1.51. The van der Waals surface area contributed by atoms with Crippen molar-refractivity contribution >= 4 is 34.6 Å². The van der Waals surface area contributed by atoms with Crippen molar-refractivity contribution in [3.8, 4) is 5.69 Å². The minimum atomic E-state index is -0.191. The van der Waals surface area contributed by atoms with Crippen molar-refractivity contribution < 1.29 is 9.53 Å². The number of hydrogen-bond donors (Lipinski definition) is 2. The summed E-state index contributed by atoms with van der Waals surface area (Å²) in [5.41, 5.74) is 10.7. The molecule has 8 heteroatoms. The summed E-state index contributed by atoms with van der Waals surface area (Å²) in [5.74, 6) is -0.191. The average molecular weight is 554 g/mol. The first kappa shape index (κ1) is 27.6. The number of thiocarbonyl (C=S) groups is 1. The van der Waals surface area contributed by atoms with Gasteiger partial charge in [-0.25, -0.2) is 0 Å². The Morgan fingerprint density at radius 1 is 1.00 bits per heavy atom. The standard InChI is InChI=1S/C32H35N5O2S/c1-19-10-9-11-20(2)30(19)36-22(4)17-25(23(36)5)31-29(27-12-7-8-15-33-27)35-32(40)37(31)24-13-14-26(21(3)16-24)34-28(38)18-39-6/h7-17,29,31H,18H2,1-6H3,(H,34,38)(H,35,40)/t29-,31+/m0/s1. The van der Waals surface area contributed by atoms with Gasteiger partial charge >= 0.3 is 0 Å². The lowest BCUT2D eigenvalue weighted by Crippen LogP contribution is -2.29.